The van der Waals surface area contributed by atoms with E-state index in [0.717, 1.165) is 11.1 Å². The minimum atomic E-state index is -0.313. The Kier molecular flexibility index (Phi) is 5.34. The Balaban J connectivity index is 2.36. The van der Waals surface area contributed by atoms with Crippen molar-refractivity contribution in [2.75, 3.05) is 14.2 Å². The van der Waals surface area contributed by atoms with Crippen LogP contribution in [0.1, 0.15) is 17.2 Å². The van der Waals surface area contributed by atoms with Crippen LogP contribution >= 0.6 is 23.2 Å². The highest BCUT2D eigenvalue weighted by Gasteiger charge is 2.19. The van der Waals surface area contributed by atoms with Gasteiger partial charge in [0.05, 0.1) is 29.8 Å². The van der Waals surface area contributed by atoms with Gasteiger partial charge >= 0.3 is 0 Å². The van der Waals surface area contributed by atoms with Crippen LogP contribution in [0.25, 0.3) is 0 Å². The lowest BCUT2D eigenvalue weighted by Crippen LogP contribution is -2.16. The van der Waals surface area contributed by atoms with Gasteiger partial charge in [0.1, 0.15) is 11.5 Å². The summed E-state index contributed by atoms with van der Waals surface area (Å²) in [4.78, 5) is 0. The van der Waals surface area contributed by atoms with Crippen molar-refractivity contribution in [2.24, 2.45) is 5.73 Å². The molecule has 0 aliphatic rings. The Morgan fingerprint density at radius 2 is 1.57 bits per heavy atom. The Hall–Kier alpha value is -1.42. The van der Waals surface area contributed by atoms with E-state index in [1.807, 2.05) is 30.3 Å². The van der Waals surface area contributed by atoms with Crippen molar-refractivity contribution in [1.82, 2.24) is 0 Å². The fourth-order valence-electron chi connectivity index (χ4n) is 2.29. The van der Waals surface area contributed by atoms with Crippen LogP contribution in [0, 0.1) is 0 Å². The molecular weight excluding hydrogens is 309 g/mol. The predicted octanol–water partition coefficient (Wildman–Crippen LogP) is 4.25. The van der Waals surface area contributed by atoms with Crippen LogP contribution in [0.3, 0.4) is 0 Å². The predicted molar refractivity (Wildman–Crippen MR) is 86.6 cm³/mol. The molecule has 3 nitrogen and oxygen atoms in total. The molecule has 2 aromatic rings. The van der Waals surface area contributed by atoms with Gasteiger partial charge in [-0.25, -0.2) is 0 Å². The number of methoxy groups -OCH3 is 2. The van der Waals surface area contributed by atoms with Crippen LogP contribution in [0.15, 0.2) is 36.4 Å². The van der Waals surface area contributed by atoms with Gasteiger partial charge in [0.2, 0.25) is 0 Å². The minimum absolute atomic E-state index is 0.313. The van der Waals surface area contributed by atoms with Gasteiger partial charge in [0.15, 0.2) is 0 Å². The number of benzene rings is 2. The molecule has 21 heavy (non-hydrogen) atoms. The quantitative estimate of drug-likeness (QED) is 0.893. The van der Waals surface area contributed by atoms with Crippen molar-refractivity contribution in [2.45, 2.75) is 12.5 Å². The van der Waals surface area contributed by atoms with Gasteiger partial charge in [-0.15, -0.1) is 0 Å². The molecule has 112 valence electrons. The lowest BCUT2D eigenvalue weighted by atomic mass is 9.98. The minimum Gasteiger partial charge on any atom is -0.496 e. The number of hydrogen-bond acceptors (Lipinski definition) is 3. The summed E-state index contributed by atoms with van der Waals surface area (Å²) >= 11 is 12.3. The van der Waals surface area contributed by atoms with Crippen LogP contribution in [0.5, 0.6) is 11.5 Å². The fourth-order valence-corrected chi connectivity index (χ4v) is 2.69. The lowest BCUT2D eigenvalue weighted by molar-refractivity contribution is 0.379. The molecule has 0 aromatic heterocycles. The molecule has 0 saturated heterocycles. The third-order valence-electron chi connectivity index (χ3n) is 3.31. The first-order valence-corrected chi connectivity index (χ1v) is 7.23. The van der Waals surface area contributed by atoms with Gasteiger partial charge in [-0.05, 0) is 30.2 Å². The molecule has 0 radical (unpaired) electrons. The van der Waals surface area contributed by atoms with Gasteiger partial charge in [-0.2, -0.15) is 0 Å². The van der Waals surface area contributed by atoms with E-state index >= 15 is 0 Å². The Labute approximate surface area is 134 Å². The number of ether oxygens (including phenoxy) is 2. The smallest absolute Gasteiger partial charge is 0.127 e. The first kappa shape index (κ1) is 16.0. The van der Waals surface area contributed by atoms with Gasteiger partial charge < -0.3 is 15.2 Å². The number of rotatable bonds is 5. The Morgan fingerprint density at radius 1 is 1.00 bits per heavy atom. The molecule has 2 aromatic carbocycles. The van der Waals surface area contributed by atoms with E-state index in [1.54, 1.807) is 20.3 Å². The summed E-state index contributed by atoms with van der Waals surface area (Å²) in [6.07, 6.45) is 0.538. The molecule has 1 atom stereocenters. The molecule has 0 aliphatic carbocycles. The summed E-state index contributed by atoms with van der Waals surface area (Å²) < 4.78 is 10.8. The van der Waals surface area contributed by atoms with Crippen molar-refractivity contribution in [3.63, 3.8) is 0 Å². The van der Waals surface area contributed by atoms with Gasteiger partial charge in [0.25, 0.3) is 0 Å². The van der Waals surface area contributed by atoms with E-state index in [2.05, 4.69) is 0 Å². The maximum absolute atomic E-state index is 6.34. The molecule has 0 amide bonds. The first-order valence-electron chi connectivity index (χ1n) is 6.47. The van der Waals surface area contributed by atoms with E-state index in [0.29, 0.717) is 28.0 Å². The second-order valence-corrected chi connectivity index (χ2v) is 5.38. The molecule has 0 spiro atoms. The van der Waals surface area contributed by atoms with Gasteiger partial charge in [-0.3, -0.25) is 0 Å². The topological polar surface area (TPSA) is 44.5 Å². The zero-order valence-electron chi connectivity index (χ0n) is 11.9. The molecule has 0 bridgehead atoms. The van der Waals surface area contributed by atoms with Crippen LogP contribution < -0.4 is 15.2 Å². The largest absolute Gasteiger partial charge is 0.496 e. The molecule has 1 unspecified atom stereocenters. The van der Waals surface area contributed by atoms with Crippen molar-refractivity contribution < 1.29 is 9.47 Å². The number of halogens is 2. The summed E-state index contributed by atoms with van der Waals surface area (Å²) in [6, 6.07) is 10.8. The molecule has 0 saturated carbocycles. The normalized spacial score (nSPS) is 12.0. The monoisotopic (exact) mass is 325 g/mol. The summed E-state index contributed by atoms with van der Waals surface area (Å²) in [7, 11) is 3.22. The van der Waals surface area contributed by atoms with Crippen LogP contribution in [0.4, 0.5) is 0 Å². The zero-order valence-corrected chi connectivity index (χ0v) is 13.4. The summed E-state index contributed by atoms with van der Waals surface area (Å²) in [5.74, 6) is 1.39. The highest BCUT2D eigenvalue weighted by Crippen LogP contribution is 2.36. The third-order valence-corrected chi connectivity index (χ3v) is 4.17. The summed E-state index contributed by atoms with van der Waals surface area (Å²) in [5.41, 5.74) is 8.05. The SMILES string of the molecule is COc1cccc(OC)c1C(N)Cc1cccc(Cl)c1Cl. The lowest BCUT2D eigenvalue weighted by Gasteiger charge is -2.19. The third kappa shape index (κ3) is 3.43. The van der Waals surface area contributed by atoms with Gasteiger partial charge in [0, 0.05) is 6.04 Å². The van der Waals surface area contributed by atoms with Gasteiger partial charge in [-0.1, -0.05) is 41.4 Å². The first-order chi connectivity index (χ1) is 10.1. The Morgan fingerprint density at radius 3 is 2.14 bits per heavy atom. The summed E-state index contributed by atoms with van der Waals surface area (Å²) in [5, 5.41) is 1.05. The second kappa shape index (κ2) is 7.03. The molecule has 0 heterocycles. The van der Waals surface area contributed by atoms with Crippen molar-refractivity contribution in [3.05, 3.63) is 57.6 Å². The molecule has 0 fully saturated rings. The Bertz CT molecular complexity index is 609. The average Bonchev–Trinajstić information content (AvgIpc) is 2.50. The number of hydrogen-bond donors (Lipinski definition) is 1. The van der Waals surface area contributed by atoms with Crippen LogP contribution in [-0.2, 0) is 6.42 Å². The molecule has 0 aliphatic heterocycles. The average molecular weight is 326 g/mol. The molecule has 2 rings (SSSR count). The summed E-state index contributed by atoms with van der Waals surface area (Å²) in [6.45, 7) is 0. The highest BCUT2D eigenvalue weighted by atomic mass is 35.5. The zero-order chi connectivity index (χ0) is 15.4. The van der Waals surface area contributed by atoms with Crippen molar-refractivity contribution >= 4 is 23.2 Å². The molecule has 5 heteroatoms. The van der Waals surface area contributed by atoms with Crippen molar-refractivity contribution in [3.8, 4) is 11.5 Å². The highest BCUT2D eigenvalue weighted by molar-refractivity contribution is 6.42. The van der Waals surface area contributed by atoms with Crippen LogP contribution in [0.2, 0.25) is 10.0 Å². The second-order valence-electron chi connectivity index (χ2n) is 4.60. The fraction of sp³-hybridized carbons (Fsp3) is 0.250. The van der Waals surface area contributed by atoms with E-state index in [-0.39, 0.29) is 6.04 Å². The standard InChI is InChI=1S/C16H17Cl2NO2/c1-20-13-7-4-8-14(21-2)15(13)12(19)9-10-5-3-6-11(17)16(10)18/h3-8,12H,9,19H2,1-2H3. The van der Waals surface area contributed by atoms with E-state index in [1.165, 1.54) is 0 Å². The maximum Gasteiger partial charge on any atom is 0.127 e. The van der Waals surface area contributed by atoms with E-state index in [9.17, 15) is 0 Å². The number of nitrogens with two attached hydrogens (primary N) is 1. The molecule has 2 N–H and O–H groups in total. The maximum atomic E-state index is 6.34. The molecular formula is C16H17Cl2NO2. The van der Waals surface area contributed by atoms with Crippen LogP contribution in [-0.4, -0.2) is 14.2 Å². The van der Waals surface area contributed by atoms with Crippen molar-refractivity contribution in [1.29, 1.82) is 0 Å². The van der Waals surface area contributed by atoms with E-state index in [4.69, 9.17) is 38.4 Å². The van der Waals surface area contributed by atoms with E-state index < -0.39 is 0 Å².